The maximum absolute atomic E-state index is 11.7. The number of amides is 1. The first kappa shape index (κ1) is 16.8. The smallest absolute Gasteiger partial charge is 0.239 e. The number of rotatable bonds is 6. The molecule has 0 aliphatic rings. The number of hydrogen-bond donors (Lipinski definition) is 2. The van der Waals surface area contributed by atoms with Crippen LogP contribution in [0.25, 0.3) is 0 Å². The average molecular weight is 319 g/mol. The fourth-order valence-electron chi connectivity index (χ4n) is 1.81. The molecule has 7 heteroatoms. The zero-order chi connectivity index (χ0) is 15.3. The van der Waals surface area contributed by atoms with Gasteiger partial charge in [-0.1, -0.05) is 18.5 Å². The first-order valence-electron chi connectivity index (χ1n) is 6.27. The lowest BCUT2D eigenvalue weighted by Crippen LogP contribution is -2.30. The molecule has 112 valence electrons. The number of hydrogen-bond acceptors (Lipinski definition) is 4. The molecule has 0 aliphatic heterocycles. The minimum atomic E-state index is -3.41. The molecule has 1 amide bonds. The Balaban J connectivity index is 2.91. The Labute approximate surface area is 124 Å². The number of halogens is 1. The summed E-state index contributed by atoms with van der Waals surface area (Å²) in [5, 5.41) is 5.84. The third kappa shape index (κ3) is 4.38. The van der Waals surface area contributed by atoms with Crippen molar-refractivity contribution in [1.82, 2.24) is 5.32 Å². The summed E-state index contributed by atoms with van der Waals surface area (Å²) < 4.78 is 23.4. The summed E-state index contributed by atoms with van der Waals surface area (Å²) in [5.41, 5.74) is 1.10. The van der Waals surface area contributed by atoms with E-state index in [9.17, 15) is 13.2 Å². The Hall–Kier alpha value is -1.27. The van der Waals surface area contributed by atoms with Crippen molar-refractivity contribution in [2.45, 2.75) is 25.2 Å². The van der Waals surface area contributed by atoms with Crippen LogP contribution in [0, 0.1) is 6.92 Å². The van der Waals surface area contributed by atoms with Crippen molar-refractivity contribution < 1.29 is 13.2 Å². The Kier molecular flexibility index (Phi) is 5.83. The molecule has 0 unspecified atom stereocenters. The number of sulfone groups is 1. The van der Waals surface area contributed by atoms with E-state index < -0.39 is 9.84 Å². The van der Waals surface area contributed by atoms with Crippen molar-refractivity contribution in [3.63, 3.8) is 0 Å². The average Bonchev–Trinajstić information content (AvgIpc) is 2.33. The second-order valence-corrected chi connectivity index (χ2v) is 6.88. The van der Waals surface area contributed by atoms with E-state index in [2.05, 4.69) is 10.6 Å². The van der Waals surface area contributed by atoms with E-state index in [1.807, 2.05) is 6.92 Å². The van der Waals surface area contributed by atoms with Crippen LogP contribution in [0.15, 0.2) is 17.0 Å². The topological polar surface area (TPSA) is 75.3 Å². The van der Waals surface area contributed by atoms with Gasteiger partial charge in [0.25, 0.3) is 0 Å². The molecule has 0 aromatic heterocycles. The third-order valence-electron chi connectivity index (χ3n) is 2.74. The van der Waals surface area contributed by atoms with Gasteiger partial charge in [-0.2, -0.15) is 0 Å². The van der Waals surface area contributed by atoms with Crippen molar-refractivity contribution in [2.24, 2.45) is 0 Å². The standard InChI is InChI=1S/C13H19ClN2O3S/c1-4-7-15-12(17)8-16-11-6-5-10(14)13(9(11)2)20(3,18)19/h5-6,16H,4,7-8H2,1-3H3,(H,15,17). The second-order valence-electron chi connectivity index (χ2n) is 4.52. The molecule has 0 saturated heterocycles. The predicted molar refractivity (Wildman–Crippen MR) is 81.1 cm³/mol. The van der Waals surface area contributed by atoms with Gasteiger partial charge in [0.1, 0.15) is 0 Å². The van der Waals surface area contributed by atoms with Crippen molar-refractivity contribution in [3.05, 3.63) is 22.7 Å². The quantitative estimate of drug-likeness (QED) is 0.841. The highest BCUT2D eigenvalue weighted by molar-refractivity contribution is 7.90. The zero-order valence-corrected chi connectivity index (χ0v) is 13.4. The van der Waals surface area contributed by atoms with E-state index in [0.29, 0.717) is 17.8 Å². The molecule has 0 heterocycles. The molecule has 1 aromatic carbocycles. The molecule has 1 aromatic rings. The molecule has 0 fully saturated rings. The molecule has 0 atom stereocenters. The van der Waals surface area contributed by atoms with Gasteiger partial charge in [0.2, 0.25) is 5.91 Å². The van der Waals surface area contributed by atoms with Crippen LogP contribution in [0.2, 0.25) is 5.02 Å². The Bertz CT molecular complexity index is 600. The predicted octanol–water partition coefficient (Wildman–Crippen LogP) is 1.99. The van der Waals surface area contributed by atoms with Gasteiger partial charge < -0.3 is 10.6 Å². The van der Waals surface area contributed by atoms with E-state index in [1.54, 1.807) is 13.0 Å². The summed E-state index contributed by atoms with van der Waals surface area (Å²) in [7, 11) is -3.41. The SMILES string of the molecule is CCCNC(=O)CNc1ccc(Cl)c(S(C)(=O)=O)c1C. The van der Waals surface area contributed by atoms with Crippen LogP contribution in [-0.4, -0.2) is 33.7 Å². The monoisotopic (exact) mass is 318 g/mol. The molecule has 20 heavy (non-hydrogen) atoms. The Morgan fingerprint density at radius 3 is 2.55 bits per heavy atom. The minimum Gasteiger partial charge on any atom is -0.376 e. The van der Waals surface area contributed by atoms with Crippen LogP contribution in [0.3, 0.4) is 0 Å². The molecule has 0 saturated carbocycles. The molecular formula is C13H19ClN2O3S. The molecule has 1 rings (SSSR count). The summed E-state index contributed by atoms with van der Waals surface area (Å²) in [4.78, 5) is 11.6. The largest absolute Gasteiger partial charge is 0.376 e. The van der Waals surface area contributed by atoms with Crippen molar-refractivity contribution >= 4 is 33.0 Å². The van der Waals surface area contributed by atoms with Crippen LogP contribution in [0.1, 0.15) is 18.9 Å². The maximum atomic E-state index is 11.7. The summed E-state index contributed by atoms with van der Waals surface area (Å²) in [6.45, 7) is 4.34. The summed E-state index contributed by atoms with van der Waals surface area (Å²) in [6, 6.07) is 3.18. The van der Waals surface area contributed by atoms with E-state index in [4.69, 9.17) is 11.6 Å². The lowest BCUT2D eigenvalue weighted by Gasteiger charge is -2.13. The third-order valence-corrected chi connectivity index (χ3v) is 4.43. The summed E-state index contributed by atoms with van der Waals surface area (Å²) in [5.74, 6) is -0.137. The molecule has 0 radical (unpaired) electrons. The molecule has 5 nitrogen and oxygen atoms in total. The number of benzene rings is 1. The summed E-state index contributed by atoms with van der Waals surface area (Å²) in [6.07, 6.45) is 1.98. The van der Waals surface area contributed by atoms with Crippen LogP contribution >= 0.6 is 11.6 Å². The molecule has 0 bridgehead atoms. The van der Waals surface area contributed by atoms with Gasteiger partial charge in [-0.05, 0) is 31.0 Å². The first-order valence-corrected chi connectivity index (χ1v) is 8.54. The Morgan fingerprint density at radius 1 is 1.35 bits per heavy atom. The van der Waals surface area contributed by atoms with Crippen LogP contribution in [-0.2, 0) is 14.6 Å². The first-order chi connectivity index (χ1) is 9.27. The number of nitrogens with one attached hydrogen (secondary N) is 2. The van der Waals surface area contributed by atoms with Gasteiger partial charge in [-0.25, -0.2) is 8.42 Å². The highest BCUT2D eigenvalue weighted by atomic mass is 35.5. The van der Waals surface area contributed by atoms with Crippen LogP contribution < -0.4 is 10.6 Å². The zero-order valence-electron chi connectivity index (χ0n) is 11.8. The van der Waals surface area contributed by atoms with Crippen LogP contribution in [0.4, 0.5) is 5.69 Å². The summed E-state index contributed by atoms with van der Waals surface area (Å²) >= 11 is 5.93. The van der Waals surface area contributed by atoms with Crippen LogP contribution in [0.5, 0.6) is 0 Å². The second kappa shape index (κ2) is 6.95. The molecule has 0 spiro atoms. The van der Waals surface area contributed by atoms with Gasteiger partial charge in [0, 0.05) is 18.5 Å². The van der Waals surface area contributed by atoms with Gasteiger partial charge in [0.05, 0.1) is 16.5 Å². The van der Waals surface area contributed by atoms with Crippen molar-refractivity contribution in [1.29, 1.82) is 0 Å². The molecular weight excluding hydrogens is 300 g/mol. The van der Waals surface area contributed by atoms with E-state index in [1.165, 1.54) is 6.07 Å². The number of carbonyl (C=O) groups is 1. The van der Waals surface area contributed by atoms with E-state index >= 15 is 0 Å². The fourth-order valence-corrected chi connectivity index (χ4v) is 3.52. The number of carbonyl (C=O) groups excluding carboxylic acids is 1. The molecule has 0 aliphatic carbocycles. The minimum absolute atomic E-state index is 0.0890. The Morgan fingerprint density at radius 2 is 2.00 bits per heavy atom. The van der Waals surface area contributed by atoms with E-state index in [0.717, 1.165) is 12.7 Å². The normalized spacial score (nSPS) is 11.2. The van der Waals surface area contributed by atoms with Gasteiger partial charge >= 0.3 is 0 Å². The highest BCUT2D eigenvalue weighted by Crippen LogP contribution is 2.30. The lowest BCUT2D eigenvalue weighted by molar-refractivity contribution is -0.119. The van der Waals surface area contributed by atoms with Gasteiger partial charge in [0.15, 0.2) is 9.84 Å². The molecule has 2 N–H and O–H groups in total. The van der Waals surface area contributed by atoms with Gasteiger partial charge in [-0.3, -0.25) is 4.79 Å². The maximum Gasteiger partial charge on any atom is 0.239 e. The fraction of sp³-hybridized carbons (Fsp3) is 0.462. The van der Waals surface area contributed by atoms with Gasteiger partial charge in [-0.15, -0.1) is 0 Å². The number of anilines is 1. The highest BCUT2D eigenvalue weighted by Gasteiger charge is 2.18. The van der Waals surface area contributed by atoms with Crippen molar-refractivity contribution in [2.75, 3.05) is 24.7 Å². The van der Waals surface area contributed by atoms with Crippen molar-refractivity contribution in [3.8, 4) is 0 Å². The van der Waals surface area contributed by atoms with E-state index in [-0.39, 0.29) is 22.4 Å². The lowest BCUT2D eigenvalue weighted by atomic mass is 10.2.